The average molecular weight is 412 g/mol. The van der Waals surface area contributed by atoms with Crippen LogP contribution in [0, 0.1) is 5.82 Å². The minimum Gasteiger partial charge on any atom is -0.616 e. The first-order valence-corrected chi connectivity index (χ1v) is 10.7. The monoisotopic (exact) mass is 412 g/mol. The van der Waals surface area contributed by atoms with Gasteiger partial charge in [0.2, 0.25) is 0 Å². The van der Waals surface area contributed by atoms with E-state index in [0.29, 0.717) is 23.8 Å². The molecule has 0 bridgehead atoms. The fourth-order valence-corrected chi connectivity index (χ4v) is 3.42. The molecular formula is C21H21FN4O2S. The topological polar surface area (TPSA) is 90.0 Å². The molecule has 2 N–H and O–H groups in total. The number of nitrogens with zero attached hydrogens (tertiary/aromatic N) is 2. The maximum atomic E-state index is 13.4. The molecule has 0 saturated heterocycles. The highest BCUT2D eigenvalue weighted by Gasteiger charge is 2.12. The van der Waals surface area contributed by atoms with Gasteiger partial charge in [-0.3, -0.25) is 4.79 Å². The Morgan fingerprint density at radius 2 is 1.86 bits per heavy atom. The summed E-state index contributed by atoms with van der Waals surface area (Å²) in [5, 5.41) is 14.4. The molecule has 0 aliphatic heterocycles. The van der Waals surface area contributed by atoms with Gasteiger partial charge in [-0.2, -0.15) is 0 Å². The van der Waals surface area contributed by atoms with Gasteiger partial charge in [0.15, 0.2) is 17.3 Å². The molecule has 6 nitrogen and oxygen atoms in total. The summed E-state index contributed by atoms with van der Waals surface area (Å²) in [4.78, 5) is 11.9. The van der Waals surface area contributed by atoms with E-state index >= 15 is 0 Å². The highest BCUT2D eigenvalue weighted by Crippen LogP contribution is 2.22. The summed E-state index contributed by atoms with van der Waals surface area (Å²) >= 11 is -0.898. The third-order valence-corrected chi connectivity index (χ3v) is 4.84. The van der Waals surface area contributed by atoms with Crippen LogP contribution in [0.2, 0.25) is 0 Å². The van der Waals surface area contributed by atoms with Crippen molar-refractivity contribution >= 4 is 34.2 Å². The van der Waals surface area contributed by atoms with E-state index in [2.05, 4.69) is 20.8 Å². The number of carbonyl (C=O) groups is 1. The molecule has 0 aliphatic carbocycles. The van der Waals surface area contributed by atoms with Crippen LogP contribution >= 0.6 is 0 Å². The minimum atomic E-state index is -0.898. The molecule has 0 fully saturated rings. The van der Waals surface area contributed by atoms with Crippen LogP contribution in [0.5, 0.6) is 0 Å². The zero-order valence-electron chi connectivity index (χ0n) is 16.1. The maximum Gasteiger partial charge on any atom is 0.182 e. The number of rotatable bonds is 8. The van der Waals surface area contributed by atoms with E-state index in [-0.39, 0.29) is 17.3 Å². The fraction of sp³-hybridized carbons (Fsp3) is 0.190. The average Bonchev–Trinajstić information content (AvgIpc) is 2.67. The normalized spacial score (nSPS) is 11.7. The Kier molecular flexibility index (Phi) is 6.79. The van der Waals surface area contributed by atoms with Gasteiger partial charge in [0.1, 0.15) is 11.6 Å². The van der Waals surface area contributed by atoms with Crippen molar-refractivity contribution in [3.8, 4) is 0 Å². The first-order valence-electron chi connectivity index (χ1n) is 8.93. The van der Waals surface area contributed by atoms with Crippen LogP contribution in [0.15, 0.2) is 54.6 Å². The van der Waals surface area contributed by atoms with E-state index in [1.807, 2.05) is 24.3 Å². The molecule has 0 spiro atoms. The van der Waals surface area contributed by atoms with Gasteiger partial charge >= 0.3 is 0 Å². The van der Waals surface area contributed by atoms with Crippen molar-refractivity contribution < 1.29 is 13.7 Å². The number of nitrogens with one attached hydrogen (secondary N) is 2. The number of hydrogen-bond acceptors (Lipinski definition) is 6. The Hall–Kier alpha value is -2.97. The van der Waals surface area contributed by atoms with Gasteiger partial charge in [-0.05, 0) is 29.8 Å². The van der Waals surface area contributed by atoms with Gasteiger partial charge in [0.25, 0.3) is 0 Å². The number of carbonyl (C=O) groups excluding carboxylic acids is 1. The molecule has 1 aromatic heterocycles. The molecule has 1 unspecified atom stereocenters. The van der Waals surface area contributed by atoms with Gasteiger partial charge in [-0.15, -0.1) is 10.2 Å². The van der Waals surface area contributed by atoms with E-state index in [1.165, 1.54) is 19.1 Å². The summed E-state index contributed by atoms with van der Waals surface area (Å²) in [5.74, 6) is 0.426. The predicted octanol–water partition coefficient (Wildman–Crippen LogP) is 4.05. The number of halogens is 1. The van der Waals surface area contributed by atoms with Crippen LogP contribution in [-0.2, 0) is 23.5 Å². The molecule has 29 heavy (non-hydrogen) atoms. The van der Waals surface area contributed by atoms with Gasteiger partial charge < -0.3 is 15.2 Å². The molecule has 0 radical (unpaired) electrons. The van der Waals surface area contributed by atoms with E-state index in [4.69, 9.17) is 0 Å². The van der Waals surface area contributed by atoms with E-state index < -0.39 is 11.2 Å². The Bertz CT molecular complexity index is 996. The number of hydrogen-bond donors (Lipinski definition) is 2. The van der Waals surface area contributed by atoms with Crippen molar-refractivity contribution in [3.63, 3.8) is 0 Å². The summed E-state index contributed by atoms with van der Waals surface area (Å²) in [6.07, 6.45) is 1.66. The Balaban J connectivity index is 1.76. The Morgan fingerprint density at radius 1 is 1.10 bits per heavy atom. The molecular weight excluding hydrogens is 391 g/mol. The van der Waals surface area contributed by atoms with E-state index in [0.717, 1.165) is 16.8 Å². The molecule has 2 aromatic carbocycles. The third-order valence-electron chi connectivity index (χ3n) is 4.10. The summed E-state index contributed by atoms with van der Waals surface area (Å²) < 4.78 is 24.7. The zero-order valence-corrected chi connectivity index (χ0v) is 16.9. The molecule has 3 rings (SSSR count). The van der Waals surface area contributed by atoms with E-state index in [9.17, 15) is 13.7 Å². The van der Waals surface area contributed by atoms with Crippen LogP contribution in [0.25, 0.3) is 0 Å². The lowest BCUT2D eigenvalue weighted by atomic mass is 10.2. The quantitative estimate of drug-likeness (QED) is 0.428. The second kappa shape index (κ2) is 9.49. The van der Waals surface area contributed by atoms with Crippen LogP contribution in [-0.4, -0.2) is 26.8 Å². The van der Waals surface area contributed by atoms with E-state index in [1.54, 1.807) is 24.5 Å². The van der Waals surface area contributed by atoms with Crippen molar-refractivity contribution in [1.29, 1.82) is 0 Å². The minimum absolute atomic E-state index is 0.215. The third kappa shape index (κ3) is 6.00. The van der Waals surface area contributed by atoms with Gasteiger partial charge in [0.05, 0.1) is 11.9 Å². The second-order valence-corrected chi connectivity index (χ2v) is 8.01. The lowest BCUT2D eigenvalue weighted by Crippen LogP contribution is -2.10. The number of ketones is 1. The molecule has 3 aromatic rings. The number of anilines is 3. The Morgan fingerprint density at radius 3 is 2.52 bits per heavy atom. The SMILES string of the molecule is CC(=O)c1nnc(Nc2ccc(C[S+](C)[O-])cc2)cc1NCc1cccc(F)c1. The van der Waals surface area contributed by atoms with Gasteiger partial charge in [-0.25, -0.2) is 4.39 Å². The molecule has 8 heteroatoms. The highest BCUT2D eigenvalue weighted by atomic mass is 32.2. The largest absolute Gasteiger partial charge is 0.616 e. The smallest absolute Gasteiger partial charge is 0.182 e. The number of benzene rings is 2. The van der Waals surface area contributed by atoms with Crippen molar-refractivity contribution in [2.75, 3.05) is 16.9 Å². The number of Topliss-reactive ketones (excluding diaryl/α,β-unsaturated/α-hetero) is 1. The van der Waals surface area contributed by atoms with Crippen LogP contribution in [0.3, 0.4) is 0 Å². The first kappa shape index (κ1) is 20.8. The molecule has 150 valence electrons. The molecule has 1 atom stereocenters. The summed E-state index contributed by atoms with van der Waals surface area (Å²) in [6.45, 7) is 1.76. The van der Waals surface area contributed by atoms with Crippen molar-refractivity contribution in [1.82, 2.24) is 10.2 Å². The van der Waals surface area contributed by atoms with Crippen LogP contribution in [0.1, 0.15) is 28.5 Å². The lowest BCUT2D eigenvalue weighted by Gasteiger charge is -2.12. The zero-order chi connectivity index (χ0) is 20.8. The van der Waals surface area contributed by atoms with Crippen molar-refractivity contribution in [2.24, 2.45) is 0 Å². The standard InChI is InChI=1S/C21H21FN4O2S/c1-14(27)21-19(23-12-16-4-3-5-17(22)10-16)11-20(25-26-21)24-18-8-6-15(7-9-18)13-29(2)28/h3-11H,12-13H2,1-2H3,(H2,23,24,25). The maximum absolute atomic E-state index is 13.4. The molecule has 0 saturated carbocycles. The van der Waals surface area contributed by atoms with Crippen LogP contribution < -0.4 is 10.6 Å². The molecule has 1 heterocycles. The fourth-order valence-electron chi connectivity index (χ4n) is 2.76. The lowest BCUT2D eigenvalue weighted by molar-refractivity contribution is 0.101. The van der Waals surface area contributed by atoms with Crippen LogP contribution in [0.4, 0.5) is 21.6 Å². The first-order chi connectivity index (χ1) is 13.9. The molecule has 0 aliphatic rings. The van der Waals surface area contributed by atoms with Crippen molar-refractivity contribution in [2.45, 2.75) is 19.2 Å². The number of aromatic nitrogens is 2. The van der Waals surface area contributed by atoms with Gasteiger partial charge in [-0.1, -0.05) is 35.4 Å². The highest BCUT2D eigenvalue weighted by molar-refractivity contribution is 7.89. The molecule has 0 amide bonds. The predicted molar refractivity (Wildman–Crippen MR) is 113 cm³/mol. The second-order valence-electron chi connectivity index (χ2n) is 6.57. The van der Waals surface area contributed by atoms with Crippen molar-refractivity contribution in [3.05, 3.63) is 77.2 Å². The summed E-state index contributed by atoms with van der Waals surface area (Å²) in [5.41, 5.74) is 3.24. The van der Waals surface area contributed by atoms with Gasteiger partial charge in [0, 0.05) is 30.8 Å². The summed E-state index contributed by atoms with van der Waals surface area (Å²) in [7, 11) is 0. The summed E-state index contributed by atoms with van der Waals surface area (Å²) in [6, 6.07) is 15.4. The Labute approximate surface area is 171 Å².